The highest BCUT2D eigenvalue weighted by molar-refractivity contribution is 5.95. The van der Waals surface area contributed by atoms with Crippen LogP contribution in [-0.4, -0.2) is 49.2 Å². The molecule has 1 N–H and O–H groups in total. The summed E-state index contributed by atoms with van der Waals surface area (Å²) < 4.78 is 10.6. The molecule has 1 amide bonds. The van der Waals surface area contributed by atoms with Gasteiger partial charge in [0.25, 0.3) is 5.91 Å². The standard InChI is InChI=1S/C22H32N2O3/c1-26-20-10-15(11-21(14-20)27-2)22(25)23-16-12-18-8-5-9-19(13-16)24(18)17-6-3-4-7-17/h10-11,14,16-19H,3-9,12-13H2,1-2H3,(H,23,25)/t18-,19-/m1/s1. The molecule has 1 aromatic carbocycles. The lowest BCUT2D eigenvalue weighted by atomic mass is 9.80. The number of carbonyl (C=O) groups is 1. The van der Waals surface area contributed by atoms with Crippen LogP contribution in [0.2, 0.25) is 0 Å². The van der Waals surface area contributed by atoms with Crippen molar-refractivity contribution in [3.63, 3.8) is 0 Å². The molecule has 2 aliphatic heterocycles. The van der Waals surface area contributed by atoms with Gasteiger partial charge >= 0.3 is 0 Å². The molecule has 148 valence electrons. The van der Waals surface area contributed by atoms with Crippen LogP contribution in [0, 0.1) is 0 Å². The first-order chi connectivity index (χ1) is 13.2. The van der Waals surface area contributed by atoms with Crippen molar-refractivity contribution < 1.29 is 14.3 Å². The fourth-order valence-corrected chi connectivity index (χ4v) is 5.54. The van der Waals surface area contributed by atoms with E-state index in [1.807, 2.05) is 0 Å². The van der Waals surface area contributed by atoms with Gasteiger partial charge in [0.15, 0.2) is 0 Å². The zero-order valence-corrected chi connectivity index (χ0v) is 16.6. The number of piperidine rings is 2. The highest BCUT2D eigenvalue weighted by atomic mass is 16.5. The Balaban J connectivity index is 1.44. The Morgan fingerprint density at radius 2 is 1.44 bits per heavy atom. The minimum Gasteiger partial charge on any atom is -0.497 e. The SMILES string of the molecule is COc1cc(OC)cc(C(=O)NC2C[C@H]3CCC[C@H](C2)N3C2CCCC2)c1. The first kappa shape index (κ1) is 18.6. The molecule has 1 aromatic rings. The first-order valence-corrected chi connectivity index (χ1v) is 10.5. The van der Waals surface area contributed by atoms with Crippen molar-refractivity contribution in [3.8, 4) is 11.5 Å². The number of nitrogens with one attached hydrogen (secondary N) is 1. The van der Waals surface area contributed by atoms with Crippen molar-refractivity contribution in [2.45, 2.75) is 82.0 Å². The third kappa shape index (κ3) is 3.93. The molecule has 1 saturated carbocycles. The monoisotopic (exact) mass is 372 g/mol. The quantitative estimate of drug-likeness (QED) is 0.855. The molecule has 2 bridgehead atoms. The van der Waals surface area contributed by atoms with Gasteiger partial charge in [-0.2, -0.15) is 0 Å². The van der Waals surface area contributed by atoms with Crippen LogP contribution in [0.3, 0.4) is 0 Å². The molecule has 0 unspecified atom stereocenters. The van der Waals surface area contributed by atoms with E-state index in [4.69, 9.17) is 9.47 Å². The summed E-state index contributed by atoms with van der Waals surface area (Å²) in [5.41, 5.74) is 0.606. The number of methoxy groups -OCH3 is 2. The highest BCUT2D eigenvalue weighted by Crippen LogP contribution is 2.39. The van der Waals surface area contributed by atoms with Crippen molar-refractivity contribution in [1.82, 2.24) is 10.2 Å². The Morgan fingerprint density at radius 1 is 0.889 bits per heavy atom. The first-order valence-electron chi connectivity index (χ1n) is 10.5. The number of carbonyl (C=O) groups excluding carboxylic acids is 1. The summed E-state index contributed by atoms with van der Waals surface area (Å²) in [4.78, 5) is 15.7. The van der Waals surface area contributed by atoms with E-state index in [0.717, 1.165) is 18.9 Å². The Morgan fingerprint density at radius 3 is 2.00 bits per heavy atom. The highest BCUT2D eigenvalue weighted by Gasteiger charge is 2.42. The van der Waals surface area contributed by atoms with Crippen molar-refractivity contribution in [1.29, 1.82) is 0 Å². The third-order valence-corrected chi connectivity index (χ3v) is 6.73. The number of fused-ring (bicyclic) bond motifs is 2. The molecule has 3 fully saturated rings. The maximum atomic E-state index is 12.9. The van der Waals surface area contributed by atoms with E-state index in [1.54, 1.807) is 32.4 Å². The van der Waals surface area contributed by atoms with E-state index in [2.05, 4.69) is 10.2 Å². The molecule has 0 aromatic heterocycles. The number of hydrogen-bond acceptors (Lipinski definition) is 4. The summed E-state index contributed by atoms with van der Waals surface area (Å²) in [5.74, 6) is 1.27. The van der Waals surface area contributed by atoms with E-state index in [9.17, 15) is 4.79 Å². The molecule has 4 rings (SSSR count). The van der Waals surface area contributed by atoms with Gasteiger partial charge < -0.3 is 14.8 Å². The van der Waals surface area contributed by atoms with E-state index >= 15 is 0 Å². The van der Waals surface area contributed by atoms with Gasteiger partial charge in [-0.3, -0.25) is 9.69 Å². The molecule has 3 aliphatic rings. The average molecular weight is 373 g/mol. The second-order valence-corrected chi connectivity index (χ2v) is 8.37. The summed E-state index contributed by atoms with van der Waals surface area (Å²) in [6.45, 7) is 0. The summed E-state index contributed by atoms with van der Waals surface area (Å²) in [5, 5.41) is 3.30. The smallest absolute Gasteiger partial charge is 0.251 e. The predicted octanol–water partition coefficient (Wildman–Crippen LogP) is 3.76. The fraction of sp³-hybridized carbons (Fsp3) is 0.682. The lowest BCUT2D eigenvalue weighted by molar-refractivity contribution is -0.00807. The van der Waals surface area contributed by atoms with Crippen molar-refractivity contribution in [2.24, 2.45) is 0 Å². The van der Waals surface area contributed by atoms with Gasteiger partial charge in [-0.1, -0.05) is 19.3 Å². The normalized spacial score (nSPS) is 28.7. The van der Waals surface area contributed by atoms with E-state index in [0.29, 0.717) is 29.1 Å². The van der Waals surface area contributed by atoms with Crippen LogP contribution >= 0.6 is 0 Å². The fourth-order valence-electron chi connectivity index (χ4n) is 5.54. The van der Waals surface area contributed by atoms with Gasteiger partial charge in [-0.15, -0.1) is 0 Å². The molecule has 27 heavy (non-hydrogen) atoms. The predicted molar refractivity (Wildman–Crippen MR) is 106 cm³/mol. The maximum absolute atomic E-state index is 12.9. The van der Waals surface area contributed by atoms with Crippen LogP contribution in [0.4, 0.5) is 0 Å². The molecule has 2 saturated heterocycles. The minimum absolute atomic E-state index is 0.0235. The van der Waals surface area contributed by atoms with Gasteiger partial charge in [0, 0.05) is 35.8 Å². The number of rotatable bonds is 5. The third-order valence-electron chi connectivity index (χ3n) is 6.73. The summed E-state index contributed by atoms with van der Waals surface area (Å²) in [6, 6.07) is 7.71. The Labute approximate surface area is 162 Å². The second kappa shape index (κ2) is 8.09. The lowest BCUT2D eigenvalue weighted by Gasteiger charge is -2.51. The van der Waals surface area contributed by atoms with Crippen molar-refractivity contribution in [3.05, 3.63) is 23.8 Å². The minimum atomic E-state index is -0.0235. The lowest BCUT2D eigenvalue weighted by Crippen LogP contribution is -2.59. The number of hydrogen-bond donors (Lipinski definition) is 1. The van der Waals surface area contributed by atoms with Crippen molar-refractivity contribution in [2.75, 3.05) is 14.2 Å². The summed E-state index contributed by atoms with van der Waals surface area (Å²) >= 11 is 0. The largest absolute Gasteiger partial charge is 0.497 e. The molecular weight excluding hydrogens is 340 g/mol. The number of nitrogens with zero attached hydrogens (tertiary/aromatic N) is 1. The molecule has 5 heteroatoms. The molecule has 2 atom stereocenters. The Bertz CT molecular complexity index is 635. The van der Waals surface area contributed by atoms with E-state index in [1.165, 1.54) is 44.9 Å². The zero-order valence-electron chi connectivity index (χ0n) is 16.6. The Kier molecular flexibility index (Phi) is 5.58. The molecule has 5 nitrogen and oxygen atoms in total. The van der Waals surface area contributed by atoms with Gasteiger partial charge in [-0.25, -0.2) is 0 Å². The van der Waals surface area contributed by atoms with Crippen molar-refractivity contribution >= 4 is 5.91 Å². The van der Waals surface area contributed by atoms with Crippen LogP contribution in [0.5, 0.6) is 11.5 Å². The molecule has 0 radical (unpaired) electrons. The van der Waals surface area contributed by atoms with Crippen LogP contribution in [0.1, 0.15) is 68.1 Å². The van der Waals surface area contributed by atoms with Crippen LogP contribution in [0.25, 0.3) is 0 Å². The number of benzene rings is 1. The van der Waals surface area contributed by atoms with Gasteiger partial charge in [0.1, 0.15) is 11.5 Å². The zero-order chi connectivity index (χ0) is 18.8. The van der Waals surface area contributed by atoms with Crippen LogP contribution < -0.4 is 14.8 Å². The van der Waals surface area contributed by atoms with Gasteiger partial charge in [-0.05, 0) is 50.7 Å². The van der Waals surface area contributed by atoms with Gasteiger partial charge in [0.2, 0.25) is 0 Å². The van der Waals surface area contributed by atoms with Crippen LogP contribution in [-0.2, 0) is 0 Å². The van der Waals surface area contributed by atoms with E-state index in [-0.39, 0.29) is 11.9 Å². The van der Waals surface area contributed by atoms with E-state index < -0.39 is 0 Å². The molecule has 1 aliphatic carbocycles. The molecule has 2 heterocycles. The number of amides is 1. The average Bonchev–Trinajstić information content (AvgIpc) is 3.21. The number of ether oxygens (including phenoxy) is 2. The van der Waals surface area contributed by atoms with Gasteiger partial charge in [0.05, 0.1) is 14.2 Å². The molecular formula is C22H32N2O3. The molecule has 0 spiro atoms. The maximum Gasteiger partial charge on any atom is 0.251 e. The second-order valence-electron chi connectivity index (χ2n) is 8.37. The Hall–Kier alpha value is -1.75. The topological polar surface area (TPSA) is 50.8 Å². The summed E-state index contributed by atoms with van der Waals surface area (Å²) in [6.07, 6.45) is 11.6. The summed E-state index contributed by atoms with van der Waals surface area (Å²) in [7, 11) is 3.22. The van der Waals surface area contributed by atoms with Crippen LogP contribution in [0.15, 0.2) is 18.2 Å².